The predicted molar refractivity (Wildman–Crippen MR) is 60.1 cm³/mol. The molecular weight excluding hydrogens is 186 g/mol. The van der Waals surface area contributed by atoms with Crippen LogP contribution in [-0.4, -0.2) is 10.8 Å². The van der Waals surface area contributed by atoms with Crippen LogP contribution in [0.2, 0.25) is 0 Å². The molecule has 0 saturated heterocycles. The van der Waals surface area contributed by atoms with Crippen molar-refractivity contribution in [2.45, 2.75) is 6.42 Å². The quantitative estimate of drug-likeness (QED) is 0.697. The molecule has 0 amide bonds. The van der Waals surface area contributed by atoms with Crippen molar-refractivity contribution >= 4 is 11.9 Å². The zero-order valence-electron chi connectivity index (χ0n) is 8.26. The Morgan fingerprint density at radius 1 is 1.47 bits per heavy atom. The van der Waals surface area contributed by atoms with Crippen molar-refractivity contribution in [3.05, 3.63) is 60.0 Å². The molecule has 74 valence electrons. The Hall–Kier alpha value is -1.96. The van der Waals surface area contributed by atoms with E-state index >= 15 is 0 Å². The maximum atomic E-state index is 11.6. The molecule has 0 spiro atoms. The summed E-state index contributed by atoms with van der Waals surface area (Å²) in [5.74, 6) is 0.0730. The lowest BCUT2D eigenvalue weighted by molar-refractivity contribution is -0.111. The molecule has 0 aliphatic heterocycles. The van der Waals surface area contributed by atoms with Crippen molar-refractivity contribution in [1.29, 1.82) is 0 Å². The number of nitrogens with zero attached hydrogens (tertiary/aromatic N) is 1. The first-order chi connectivity index (χ1) is 7.36. The zero-order valence-corrected chi connectivity index (χ0v) is 8.26. The fraction of sp³-hybridized carbons (Fsp3) is 0.0769. The SMILES string of the molecule is O=C(/C=C/c1cccnc1)C1=CC=CC1. The Morgan fingerprint density at radius 2 is 2.40 bits per heavy atom. The molecule has 0 N–H and O–H groups in total. The Kier molecular flexibility index (Phi) is 2.88. The minimum Gasteiger partial charge on any atom is -0.290 e. The van der Waals surface area contributed by atoms with E-state index in [0.29, 0.717) is 0 Å². The Balaban J connectivity index is 2.03. The molecule has 1 aliphatic carbocycles. The van der Waals surface area contributed by atoms with E-state index in [9.17, 15) is 4.79 Å². The predicted octanol–water partition coefficient (Wildman–Crippen LogP) is 2.55. The summed E-state index contributed by atoms with van der Waals surface area (Å²) in [5, 5.41) is 0. The zero-order chi connectivity index (χ0) is 10.5. The first-order valence-electron chi connectivity index (χ1n) is 4.84. The van der Waals surface area contributed by atoms with Crippen molar-refractivity contribution < 1.29 is 4.79 Å². The number of rotatable bonds is 3. The summed E-state index contributed by atoms with van der Waals surface area (Å²) in [6.45, 7) is 0. The van der Waals surface area contributed by atoms with E-state index in [1.807, 2.05) is 30.4 Å². The van der Waals surface area contributed by atoms with Gasteiger partial charge in [0.2, 0.25) is 0 Å². The Morgan fingerprint density at radius 3 is 3.07 bits per heavy atom. The van der Waals surface area contributed by atoms with E-state index in [-0.39, 0.29) is 5.78 Å². The Bertz CT molecular complexity index is 441. The molecule has 2 heteroatoms. The lowest BCUT2D eigenvalue weighted by atomic mass is 10.1. The topological polar surface area (TPSA) is 30.0 Å². The molecule has 0 bridgehead atoms. The lowest BCUT2D eigenvalue weighted by Crippen LogP contribution is -1.94. The highest BCUT2D eigenvalue weighted by Crippen LogP contribution is 2.12. The van der Waals surface area contributed by atoms with E-state index in [1.54, 1.807) is 24.5 Å². The molecule has 15 heavy (non-hydrogen) atoms. The number of aromatic nitrogens is 1. The van der Waals surface area contributed by atoms with E-state index in [4.69, 9.17) is 0 Å². The van der Waals surface area contributed by atoms with Crippen LogP contribution in [0.3, 0.4) is 0 Å². The standard InChI is InChI=1S/C13H11NO/c15-13(12-5-1-2-6-12)8-7-11-4-3-9-14-10-11/h1-5,7-10H,6H2/b8-7+. The van der Waals surface area contributed by atoms with Gasteiger partial charge in [0, 0.05) is 18.0 Å². The number of hydrogen-bond donors (Lipinski definition) is 0. The molecule has 0 saturated carbocycles. The Labute approximate surface area is 88.7 Å². The van der Waals surface area contributed by atoms with Gasteiger partial charge in [-0.25, -0.2) is 0 Å². The normalized spacial score (nSPS) is 14.5. The molecule has 1 heterocycles. The van der Waals surface area contributed by atoms with Crippen LogP contribution in [-0.2, 0) is 4.79 Å². The van der Waals surface area contributed by atoms with Crippen LogP contribution < -0.4 is 0 Å². The van der Waals surface area contributed by atoms with E-state index in [2.05, 4.69) is 4.98 Å². The molecule has 1 aliphatic rings. The third-order valence-corrected chi connectivity index (χ3v) is 2.20. The van der Waals surface area contributed by atoms with E-state index in [0.717, 1.165) is 17.6 Å². The summed E-state index contributed by atoms with van der Waals surface area (Å²) in [7, 11) is 0. The molecule has 1 aromatic heterocycles. The van der Waals surface area contributed by atoms with Gasteiger partial charge in [-0.15, -0.1) is 0 Å². The summed E-state index contributed by atoms with van der Waals surface area (Å²) in [6.07, 6.45) is 13.3. The van der Waals surface area contributed by atoms with Gasteiger partial charge >= 0.3 is 0 Å². The third kappa shape index (κ3) is 2.50. The summed E-state index contributed by atoms with van der Waals surface area (Å²) in [5.41, 5.74) is 1.78. The van der Waals surface area contributed by atoms with Gasteiger partial charge in [0.1, 0.15) is 0 Å². The van der Waals surface area contributed by atoms with Gasteiger partial charge in [-0.3, -0.25) is 9.78 Å². The van der Waals surface area contributed by atoms with Gasteiger partial charge in [0.05, 0.1) is 0 Å². The van der Waals surface area contributed by atoms with Crippen molar-refractivity contribution in [2.24, 2.45) is 0 Å². The smallest absolute Gasteiger partial charge is 0.182 e. The number of carbonyl (C=O) groups is 1. The van der Waals surface area contributed by atoms with Gasteiger partial charge in [0.25, 0.3) is 0 Å². The minimum absolute atomic E-state index is 0.0730. The second kappa shape index (κ2) is 4.51. The average molecular weight is 197 g/mol. The van der Waals surface area contributed by atoms with Gasteiger partial charge in [-0.1, -0.05) is 24.3 Å². The number of allylic oxidation sites excluding steroid dienone is 5. The highest BCUT2D eigenvalue weighted by Gasteiger charge is 2.05. The van der Waals surface area contributed by atoms with Crippen LogP contribution in [0.15, 0.2) is 54.4 Å². The lowest BCUT2D eigenvalue weighted by Gasteiger charge is -1.94. The van der Waals surface area contributed by atoms with Gasteiger partial charge < -0.3 is 0 Å². The summed E-state index contributed by atoms with van der Waals surface area (Å²) in [4.78, 5) is 15.6. The molecule has 0 aromatic carbocycles. The number of pyridine rings is 1. The molecule has 0 fully saturated rings. The van der Waals surface area contributed by atoms with Crippen LogP contribution in [0.1, 0.15) is 12.0 Å². The first-order valence-corrected chi connectivity index (χ1v) is 4.84. The number of carbonyl (C=O) groups excluding carboxylic acids is 1. The molecule has 2 nitrogen and oxygen atoms in total. The van der Waals surface area contributed by atoms with Crippen molar-refractivity contribution in [3.63, 3.8) is 0 Å². The maximum absolute atomic E-state index is 11.6. The monoisotopic (exact) mass is 197 g/mol. The second-order valence-electron chi connectivity index (χ2n) is 3.31. The summed E-state index contributed by atoms with van der Waals surface area (Å²) in [6, 6.07) is 3.76. The molecule has 0 atom stereocenters. The maximum Gasteiger partial charge on any atom is 0.182 e. The first kappa shape index (κ1) is 9.59. The van der Waals surface area contributed by atoms with Gasteiger partial charge in [-0.2, -0.15) is 0 Å². The van der Waals surface area contributed by atoms with Crippen LogP contribution in [0.25, 0.3) is 6.08 Å². The third-order valence-electron chi connectivity index (χ3n) is 2.20. The van der Waals surface area contributed by atoms with Crippen LogP contribution in [0.4, 0.5) is 0 Å². The summed E-state index contributed by atoms with van der Waals surface area (Å²) < 4.78 is 0. The molecule has 0 unspecified atom stereocenters. The average Bonchev–Trinajstić information content (AvgIpc) is 2.81. The van der Waals surface area contributed by atoms with Crippen molar-refractivity contribution in [2.75, 3.05) is 0 Å². The van der Waals surface area contributed by atoms with Crippen molar-refractivity contribution in [3.8, 4) is 0 Å². The molecule has 0 radical (unpaired) electrons. The van der Waals surface area contributed by atoms with Gasteiger partial charge in [-0.05, 0) is 30.2 Å². The second-order valence-corrected chi connectivity index (χ2v) is 3.31. The molecule has 2 rings (SSSR count). The van der Waals surface area contributed by atoms with Crippen molar-refractivity contribution in [1.82, 2.24) is 4.98 Å². The molecule has 1 aromatic rings. The number of ketones is 1. The highest BCUT2D eigenvalue weighted by molar-refractivity contribution is 6.07. The fourth-order valence-corrected chi connectivity index (χ4v) is 1.38. The van der Waals surface area contributed by atoms with E-state index in [1.165, 1.54) is 0 Å². The van der Waals surface area contributed by atoms with Crippen LogP contribution >= 0.6 is 0 Å². The largest absolute Gasteiger partial charge is 0.290 e. The van der Waals surface area contributed by atoms with Gasteiger partial charge in [0.15, 0.2) is 5.78 Å². The van der Waals surface area contributed by atoms with E-state index < -0.39 is 0 Å². The minimum atomic E-state index is 0.0730. The number of hydrogen-bond acceptors (Lipinski definition) is 2. The highest BCUT2D eigenvalue weighted by atomic mass is 16.1. The van der Waals surface area contributed by atoms with Crippen LogP contribution in [0, 0.1) is 0 Å². The summed E-state index contributed by atoms with van der Waals surface area (Å²) >= 11 is 0. The molecular formula is C13H11NO. The van der Waals surface area contributed by atoms with Crippen LogP contribution in [0.5, 0.6) is 0 Å². The fourth-order valence-electron chi connectivity index (χ4n) is 1.38.